The second-order valence-electron chi connectivity index (χ2n) is 5.92. The molecular formula is C18H14F2N4O3. The van der Waals surface area contributed by atoms with Crippen LogP contribution in [0.15, 0.2) is 36.7 Å². The summed E-state index contributed by atoms with van der Waals surface area (Å²) < 4.78 is 38.3. The van der Waals surface area contributed by atoms with Gasteiger partial charge in [-0.2, -0.15) is 5.10 Å². The monoisotopic (exact) mass is 372 g/mol. The third kappa shape index (κ3) is 3.63. The molecule has 3 aromatic rings. The largest absolute Gasteiger partial charge is 0.467 e. The van der Waals surface area contributed by atoms with Gasteiger partial charge in [0.2, 0.25) is 5.91 Å². The van der Waals surface area contributed by atoms with E-state index < -0.39 is 17.5 Å². The zero-order chi connectivity index (χ0) is 18.8. The van der Waals surface area contributed by atoms with Crippen molar-refractivity contribution in [1.82, 2.24) is 15.2 Å². The highest BCUT2D eigenvalue weighted by molar-refractivity contribution is 5.93. The lowest BCUT2D eigenvalue weighted by atomic mass is 10.0. The SMILES string of the molecule is O=C(Cc1cc(F)cc2c1OCOC2)Nc1ccc(F)c(-c2ncn[nH]2)c1. The van der Waals surface area contributed by atoms with Crippen LogP contribution in [0.1, 0.15) is 11.1 Å². The van der Waals surface area contributed by atoms with Crippen LogP contribution >= 0.6 is 0 Å². The van der Waals surface area contributed by atoms with E-state index >= 15 is 0 Å². The number of aromatic amines is 1. The number of rotatable bonds is 4. The van der Waals surface area contributed by atoms with Gasteiger partial charge in [0.05, 0.1) is 18.6 Å². The standard InChI is InChI=1S/C18H14F2N4O3/c19-12-3-10(17-11(4-12)7-26-9-27-17)5-16(25)23-13-1-2-15(20)14(6-13)18-21-8-22-24-18/h1-4,6,8H,5,7,9H2,(H,23,25)(H,21,22,24). The fraction of sp³-hybridized carbons (Fsp3) is 0.167. The summed E-state index contributed by atoms with van der Waals surface area (Å²) in [5.41, 5.74) is 1.53. The number of aromatic nitrogens is 3. The van der Waals surface area contributed by atoms with Crippen LogP contribution in [-0.2, 0) is 22.6 Å². The number of nitrogens with zero attached hydrogens (tertiary/aromatic N) is 2. The molecule has 1 amide bonds. The Bertz CT molecular complexity index is 993. The molecule has 1 aromatic heterocycles. The Kier molecular flexibility index (Phi) is 4.51. The minimum Gasteiger partial charge on any atom is -0.467 e. The van der Waals surface area contributed by atoms with E-state index in [1.165, 1.54) is 36.7 Å². The van der Waals surface area contributed by atoms with Crippen LogP contribution in [0.3, 0.4) is 0 Å². The zero-order valence-electron chi connectivity index (χ0n) is 14.0. The lowest BCUT2D eigenvalue weighted by Crippen LogP contribution is -2.18. The average molecular weight is 372 g/mol. The Hall–Kier alpha value is -3.33. The predicted molar refractivity (Wildman–Crippen MR) is 90.8 cm³/mol. The highest BCUT2D eigenvalue weighted by Crippen LogP contribution is 2.30. The van der Waals surface area contributed by atoms with Crippen LogP contribution in [0.2, 0.25) is 0 Å². The number of amides is 1. The van der Waals surface area contributed by atoms with Gasteiger partial charge in [-0.1, -0.05) is 0 Å². The number of hydrogen-bond acceptors (Lipinski definition) is 5. The summed E-state index contributed by atoms with van der Waals surface area (Å²) in [6.07, 6.45) is 1.16. The maximum Gasteiger partial charge on any atom is 0.228 e. The van der Waals surface area contributed by atoms with Crippen molar-refractivity contribution in [2.45, 2.75) is 13.0 Å². The number of H-pyrrole nitrogens is 1. The van der Waals surface area contributed by atoms with E-state index in [2.05, 4.69) is 20.5 Å². The minimum absolute atomic E-state index is 0.0474. The molecule has 2 heterocycles. The number of anilines is 1. The summed E-state index contributed by atoms with van der Waals surface area (Å²) in [5, 5.41) is 8.93. The molecule has 27 heavy (non-hydrogen) atoms. The summed E-state index contributed by atoms with van der Waals surface area (Å²) in [4.78, 5) is 16.3. The van der Waals surface area contributed by atoms with Gasteiger partial charge in [0, 0.05) is 16.8 Å². The molecule has 0 saturated heterocycles. The Morgan fingerprint density at radius 3 is 2.96 bits per heavy atom. The first-order valence-corrected chi connectivity index (χ1v) is 8.07. The molecule has 2 aromatic carbocycles. The average Bonchev–Trinajstić information content (AvgIpc) is 3.17. The van der Waals surface area contributed by atoms with E-state index in [1.54, 1.807) is 0 Å². The van der Waals surface area contributed by atoms with Gasteiger partial charge in [0.15, 0.2) is 12.6 Å². The number of carbonyl (C=O) groups is 1. The Labute approximate surface area is 152 Å². The molecule has 0 unspecified atom stereocenters. The third-order valence-electron chi connectivity index (χ3n) is 4.02. The summed E-state index contributed by atoms with van der Waals surface area (Å²) in [6.45, 7) is 0.270. The van der Waals surface area contributed by atoms with Crippen LogP contribution < -0.4 is 10.1 Å². The van der Waals surface area contributed by atoms with E-state index in [4.69, 9.17) is 9.47 Å². The number of benzene rings is 2. The van der Waals surface area contributed by atoms with Gasteiger partial charge in [0.25, 0.3) is 0 Å². The molecule has 9 heteroatoms. The van der Waals surface area contributed by atoms with E-state index in [0.29, 0.717) is 22.6 Å². The maximum atomic E-state index is 14.0. The number of fused-ring (bicyclic) bond motifs is 1. The molecule has 0 radical (unpaired) electrons. The van der Waals surface area contributed by atoms with Crippen molar-refractivity contribution in [1.29, 1.82) is 0 Å². The molecule has 0 bridgehead atoms. The topological polar surface area (TPSA) is 89.1 Å². The Balaban J connectivity index is 1.54. The molecular weight excluding hydrogens is 358 g/mol. The van der Waals surface area contributed by atoms with Crippen molar-refractivity contribution in [3.05, 3.63) is 59.4 Å². The van der Waals surface area contributed by atoms with Gasteiger partial charge < -0.3 is 14.8 Å². The van der Waals surface area contributed by atoms with Gasteiger partial charge in [-0.05, 0) is 30.3 Å². The maximum absolute atomic E-state index is 14.0. The molecule has 0 saturated carbocycles. The zero-order valence-corrected chi connectivity index (χ0v) is 14.0. The molecule has 7 nitrogen and oxygen atoms in total. The van der Waals surface area contributed by atoms with Crippen molar-refractivity contribution in [2.24, 2.45) is 0 Å². The molecule has 2 N–H and O–H groups in total. The van der Waals surface area contributed by atoms with Crippen molar-refractivity contribution in [3.8, 4) is 17.1 Å². The number of nitrogens with one attached hydrogen (secondary N) is 2. The minimum atomic E-state index is -0.502. The summed E-state index contributed by atoms with van der Waals surface area (Å²) in [5.74, 6) is -0.666. The van der Waals surface area contributed by atoms with E-state index in [1.807, 2.05) is 0 Å². The van der Waals surface area contributed by atoms with Gasteiger partial charge in [-0.3, -0.25) is 9.89 Å². The molecule has 0 aliphatic carbocycles. The molecule has 4 rings (SSSR count). The van der Waals surface area contributed by atoms with Gasteiger partial charge in [-0.15, -0.1) is 0 Å². The second-order valence-corrected chi connectivity index (χ2v) is 5.92. The van der Waals surface area contributed by atoms with Crippen LogP contribution in [0.4, 0.5) is 14.5 Å². The van der Waals surface area contributed by atoms with Gasteiger partial charge in [-0.25, -0.2) is 13.8 Å². The van der Waals surface area contributed by atoms with Crippen LogP contribution in [-0.4, -0.2) is 27.9 Å². The molecule has 0 fully saturated rings. The number of carbonyl (C=O) groups excluding carboxylic acids is 1. The third-order valence-corrected chi connectivity index (χ3v) is 4.02. The first-order chi connectivity index (χ1) is 13.1. The highest BCUT2D eigenvalue weighted by atomic mass is 19.1. The van der Waals surface area contributed by atoms with Crippen molar-refractivity contribution < 1.29 is 23.0 Å². The molecule has 0 spiro atoms. The van der Waals surface area contributed by atoms with E-state index in [0.717, 1.165) is 0 Å². The normalized spacial score (nSPS) is 13.0. The number of ether oxygens (including phenoxy) is 2. The molecule has 1 aliphatic heterocycles. The predicted octanol–water partition coefficient (Wildman–Crippen LogP) is 2.80. The fourth-order valence-electron chi connectivity index (χ4n) is 2.89. The van der Waals surface area contributed by atoms with Crippen LogP contribution in [0, 0.1) is 11.6 Å². The Morgan fingerprint density at radius 1 is 1.26 bits per heavy atom. The quantitative estimate of drug-likeness (QED) is 0.735. The summed E-state index contributed by atoms with van der Waals surface area (Å²) in [6, 6.07) is 6.67. The van der Waals surface area contributed by atoms with Crippen molar-refractivity contribution in [3.63, 3.8) is 0 Å². The van der Waals surface area contributed by atoms with Gasteiger partial charge in [0.1, 0.15) is 23.7 Å². The number of halogens is 2. The first kappa shape index (κ1) is 17.1. The smallest absolute Gasteiger partial charge is 0.228 e. The Morgan fingerprint density at radius 2 is 2.15 bits per heavy atom. The summed E-state index contributed by atoms with van der Waals surface area (Å²) in [7, 11) is 0. The van der Waals surface area contributed by atoms with Crippen molar-refractivity contribution in [2.75, 3.05) is 12.1 Å². The van der Waals surface area contributed by atoms with Crippen LogP contribution in [0.5, 0.6) is 5.75 Å². The summed E-state index contributed by atoms with van der Waals surface area (Å²) >= 11 is 0. The molecule has 138 valence electrons. The second kappa shape index (κ2) is 7.12. The van der Waals surface area contributed by atoms with Gasteiger partial charge >= 0.3 is 0 Å². The molecule has 1 aliphatic rings. The lowest BCUT2D eigenvalue weighted by molar-refractivity contribution is -0.115. The number of hydrogen-bond donors (Lipinski definition) is 2. The first-order valence-electron chi connectivity index (χ1n) is 8.07. The fourth-order valence-corrected chi connectivity index (χ4v) is 2.89. The highest BCUT2D eigenvalue weighted by Gasteiger charge is 2.19. The van der Waals surface area contributed by atoms with E-state index in [-0.39, 0.29) is 31.2 Å². The van der Waals surface area contributed by atoms with Crippen LogP contribution in [0.25, 0.3) is 11.4 Å². The lowest BCUT2D eigenvalue weighted by Gasteiger charge is -2.20. The van der Waals surface area contributed by atoms with Crippen molar-refractivity contribution >= 4 is 11.6 Å². The van der Waals surface area contributed by atoms with E-state index in [9.17, 15) is 13.6 Å². The molecule has 0 atom stereocenters.